The van der Waals surface area contributed by atoms with Crippen molar-refractivity contribution >= 4 is 12.0 Å². The molecule has 0 spiro atoms. The van der Waals surface area contributed by atoms with Gasteiger partial charge in [0.25, 0.3) is 0 Å². The lowest BCUT2D eigenvalue weighted by molar-refractivity contribution is -0.134. The zero-order valence-electron chi connectivity index (χ0n) is 17.1. The van der Waals surface area contributed by atoms with E-state index in [1.54, 1.807) is 0 Å². The topological polar surface area (TPSA) is 32.8 Å². The maximum Gasteiger partial charge on any atom is 0.236 e. The van der Waals surface area contributed by atoms with Gasteiger partial charge in [0.1, 0.15) is 0 Å². The SMILES string of the molecule is CC(C)(C)c1cccc(C=CC2CCN(C(=O)CN3CCOCC3)CC2)c1. The molecule has 0 atom stereocenters. The van der Waals surface area contributed by atoms with Crippen LogP contribution in [0.3, 0.4) is 0 Å². The molecule has 2 aliphatic heterocycles. The molecule has 2 saturated heterocycles. The Morgan fingerprint density at radius 1 is 1.15 bits per heavy atom. The van der Waals surface area contributed by atoms with Gasteiger partial charge in [0.05, 0.1) is 19.8 Å². The predicted octanol–water partition coefficient (Wildman–Crippen LogP) is 3.57. The van der Waals surface area contributed by atoms with Crippen LogP contribution >= 0.6 is 0 Å². The van der Waals surface area contributed by atoms with Gasteiger partial charge in [0, 0.05) is 26.2 Å². The van der Waals surface area contributed by atoms with E-state index < -0.39 is 0 Å². The quantitative estimate of drug-likeness (QED) is 0.812. The molecule has 1 aromatic rings. The second-order valence-corrected chi connectivity index (χ2v) is 8.84. The summed E-state index contributed by atoms with van der Waals surface area (Å²) in [7, 11) is 0. The molecule has 27 heavy (non-hydrogen) atoms. The normalized spacial score (nSPS) is 20.3. The van der Waals surface area contributed by atoms with Crippen LogP contribution in [0.2, 0.25) is 0 Å². The van der Waals surface area contributed by atoms with Gasteiger partial charge in [-0.25, -0.2) is 0 Å². The number of carbonyl (C=O) groups is 1. The molecule has 1 amide bonds. The van der Waals surface area contributed by atoms with Crippen LogP contribution in [-0.4, -0.2) is 61.6 Å². The first kappa shape index (κ1) is 20.1. The van der Waals surface area contributed by atoms with Crippen molar-refractivity contribution in [3.63, 3.8) is 0 Å². The smallest absolute Gasteiger partial charge is 0.236 e. The van der Waals surface area contributed by atoms with Gasteiger partial charge in [-0.2, -0.15) is 0 Å². The molecule has 4 heteroatoms. The van der Waals surface area contributed by atoms with Crippen LogP contribution in [0.25, 0.3) is 6.08 Å². The first-order chi connectivity index (χ1) is 12.9. The van der Waals surface area contributed by atoms with Crippen LogP contribution in [0.5, 0.6) is 0 Å². The second kappa shape index (κ2) is 9.03. The van der Waals surface area contributed by atoms with Crippen LogP contribution < -0.4 is 0 Å². The summed E-state index contributed by atoms with van der Waals surface area (Å²) >= 11 is 0. The third-order valence-electron chi connectivity index (χ3n) is 5.67. The third kappa shape index (κ3) is 5.91. The van der Waals surface area contributed by atoms with Crippen molar-refractivity contribution in [2.75, 3.05) is 45.9 Å². The Balaban J connectivity index is 1.48. The van der Waals surface area contributed by atoms with Crippen molar-refractivity contribution in [3.8, 4) is 0 Å². The molecule has 0 bridgehead atoms. The minimum Gasteiger partial charge on any atom is -0.379 e. The standard InChI is InChI=1S/C23H34N2O2/c1-23(2,3)21-6-4-5-20(17-21)8-7-19-9-11-25(12-10-19)22(26)18-24-13-15-27-16-14-24/h4-8,17,19H,9-16,18H2,1-3H3. The molecule has 0 aliphatic carbocycles. The van der Waals surface area contributed by atoms with Gasteiger partial charge in [-0.3, -0.25) is 9.69 Å². The molecule has 2 fully saturated rings. The van der Waals surface area contributed by atoms with E-state index in [9.17, 15) is 4.79 Å². The number of allylic oxidation sites excluding steroid dienone is 1. The molecule has 0 N–H and O–H groups in total. The molecular formula is C23H34N2O2. The number of benzene rings is 1. The van der Waals surface area contributed by atoms with Crippen molar-refractivity contribution in [1.29, 1.82) is 0 Å². The van der Waals surface area contributed by atoms with E-state index in [1.165, 1.54) is 11.1 Å². The number of amides is 1. The lowest BCUT2D eigenvalue weighted by Crippen LogP contribution is -2.46. The lowest BCUT2D eigenvalue weighted by atomic mass is 9.86. The van der Waals surface area contributed by atoms with E-state index in [-0.39, 0.29) is 11.3 Å². The van der Waals surface area contributed by atoms with Crippen molar-refractivity contribution in [2.24, 2.45) is 5.92 Å². The Bertz CT molecular complexity index is 649. The molecule has 4 nitrogen and oxygen atoms in total. The number of nitrogens with zero attached hydrogens (tertiary/aromatic N) is 2. The summed E-state index contributed by atoms with van der Waals surface area (Å²) in [4.78, 5) is 16.8. The molecule has 3 rings (SSSR count). The van der Waals surface area contributed by atoms with E-state index in [4.69, 9.17) is 4.74 Å². The fraction of sp³-hybridized carbons (Fsp3) is 0.609. The average molecular weight is 371 g/mol. The Morgan fingerprint density at radius 2 is 1.85 bits per heavy atom. The second-order valence-electron chi connectivity index (χ2n) is 8.84. The lowest BCUT2D eigenvalue weighted by Gasteiger charge is -2.33. The van der Waals surface area contributed by atoms with Gasteiger partial charge >= 0.3 is 0 Å². The monoisotopic (exact) mass is 370 g/mol. The molecule has 0 saturated carbocycles. The third-order valence-corrected chi connectivity index (χ3v) is 5.67. The van der Waals surface area contributed by atoms with Gasteiger partial charge in [-0.05, 0) is 35.3 Å². The maximum absolute atomic E-state index is 12.5. The highest BCUT2D eigenvalue weighted by Gasteiger charge is 2.23. The van der Waals surface area contributed by atoms with Crippen LogP contribution in [0, 0.1) is 5.92 Å². The Morgan fingerprint density at radius 3 is 2.52 bits per heavy atom. The number of hydrogen-bond acceptors (Lipinski definition) is 3. The number of carbonyl (C=O) groups excluding carboxylic acids is 1. The summed E-state index contributed by atoms with van der Waals surface area (Å²) in [5, 5.41) is 0. The molecule has 0 radical (unpaired) electrons. The highest BCUT2D eigenvalue weighted by atomic mass is 16.5. The summed E-state index contributed by atoms with van der Waals surface area (Å²) in [6.45, 7) is 12.3. The van der Waals surface area contributed by atoms with Crippen molar-refractivity contribution < 1.29 is 9.53 Å². The minimum absolute atomic E-state index is 0.177. The Kier molecular flexibility index (Phi) is 6.72. The van der Waals surface area contributed by atoms with E-state index in [1.807, 2.05) is 4.90 Å². The van der Waals surface area contributed by atoms with Crippen LogP contribution in [-0.2, 0) is 14.9 Å². The van der Waals surface area contributed by atoms with Gasteiger partial charge in [-0.1, -0.05) is 57.2 Å². The highest BCUT2D eigenvalue weighted by Crippen LogP contribution is 2.24. The van der Waals surface area contributed by atoms with E-state index in [0.717, 1.165) is 52.2 Å². The van der Waals surface area contributed by atoms with Gasteiger partial charge < -0.3 is 9.64 Å². The van der Waals surface area contributed by atoms with Crippen molar-refractivity contribution in [1.82, 2.24) is 9.80 Å². The summed E-state index contributed by atoms with van der Waals surface area (Å²) in [5.74, 6) is 0.841. The van der Waals surface area contributed by atoms with Crippen molar-refractivity contribution in [2.45, 2.75) is 39.0 Å². The molecule has 2 heterocycles. The molecular weight excluding hydrogens is 336 g/mol. The van der Waals surface area contributed by atoms with Gasteiger partial charge in [0.15, 0.2) is 0 Å². The fourth-order valence-electron chi connectivity index (χ4n) is 3.75. The average Bonchev–Trinajstić information content (AvgIpc) is 2.67. The largest absolute Gasteiger partial charge is 0.379 e. The van der Waals surface area contributed by atoms with Gasteiger partial charge in [-0.15, -0.1) is 0 Å². The van der Waals surface area contributed by atoms with Crippen molar-refractivity contribution in [3.05, 3.63) is 41.5 Å². The number of rotatable bonds is 4. The fourth-order valence-corrected chi connectivity index (χ4v) is 3.75. The Hall–Kier alpha value is -1.65. The maximum atomic E-state index is 12.5. The summed E-state index contributed by atoms with van der Waals surface area (Å²) in [5.41, 5.74) is 2.82. The summed E-state index contributed by atoms with van der Waals surface area (Å²) in [6.07, 6.45) is 6.71. The number of morpholine rings is 1. The van der Waals surface area contributed by atoms with Gasteiger partial charge in [0.2, 0.25) is 5.91 Å². The number of likely N-dealkylation sites (tertiary alicyclic amines) is 1. The van der Waals surface area contributed by atoms with Crippen LogP contribution in [0.15, 0.2) is 30.3 Å². The molecule has 2 aliphatic rings. The molecule has 1 aromatic carbocycles. The molecule has 0 unspecified atom stereocenters. The minimum atomic E-state index is 0.177. The van der Waals surface area contributed by atoms with E-state index in [0.29, 0.717) is 12.5 Å². The number of piperidine rings is 1. The summed E-state index contributed by atoms with van der Waals surface area (Å²) in [6, 6.07) is 8.81. The Labute approximate surface area is 164 Å². The zero-order chi connectivity index (χ0) is 19.3. The predicted molar refractivity (Wildman–Crippen MR) is 111 cm³/mol. The number of hydrogen-bond donors (Lipinski definition) is 0. The van der Waals surface area contributed by atoms with E-state index >= 15 is 0 Å². The molecule has 148 valence electrons. The van der Waals surface area contributed by atoms with Crippen LogP contribution in [0.1, 0.15) is 44.7 Å². The number of ether oxygens (including phenoxy) is 1. The first-order valence-electron chi connectivity index (χ1n) is 10.3. The zero-order valence-corrected chi connectivity index (χ0v) is 17.1. The van der Waals surface area contributed by atoms with E-state index in [2.05, 4.69) is 62.1 Å². The highest BCUT2D eigenvalue weighted by molar-refractivity contribution is 5.78. The molecule has 0 aromatic heterocycles. The first-order valence-corrected chi connectivity index (χ1v) is 10.3. The van der Waals surface area contributed by atoms with Crippen LogP contribution in [0.4, 0.5) is 0 Å². The summed E-state index contributed by atoms with van der Waals surface area (Å²) < 4.78 is 5.36.